The van der Waals surface area contributed by atoms with Gasteiger partial charge in [0.15, 0.2) is 24.1 Å². The lowest BCUT2D eigenvalue weighted by Gasteiger charge is -2.23. The molecule has 1 fully saturated rings. The van der Waals surface area contributed by atoms with E-state index in [9.17, 15) is 29.1 Å². The van der Waals surface area contributed by atoms with E-state index < -0.39 is 59.9 Å². The molecule has 1 saturated heterocycles. The molecule has 4 atom stereocenters. The van der Waals surface area contributed by atoms with Crippen molar-refractivity contribution in [1.82, 2.24) is 14.5 Å². The van der Waals surface area contributed by atoms with Gasteiger partial charge in [-0.15, -0.1) is 0 Å². The molecule has 1 aliphatic heterocycles. The quantitative estimate of drug-likeness (QED) is 0.272. The number of hydrogen-bond donors (Lipinski definition) is 4. The van der Waals surface area contributed by atoms with Crippen LogP contribution >= 0.6 is 11.3 Å². The van der Waals surface area contributed by atoms with Gasteiger partial charge in [0.05, 0.1) is 17.5 Å². The number of esters is 2. The standard InChI is InChI=1S/C14H16N4O7S.C4H4O4/c1-5(20)23-9-7(4-19)25-12(10(9)24-6(2)21)18-11-8(26-14(18)22)3-16-13(15)17-11;5-3(6)1-2-4(7)8/h3,7,9-10,12,19H,4H2,1-2H3,(H2,15,16,17);1-2H,(H,5,6)(H,7,8)/b;2-1+/t7-,9-,10-,12-;/m1./s1. The Balaban J connectivity index is 0.000000440. The molecule has 3 heterocycles. The monoisotopic (exact) mass is 500 g/mol. The summed E-state index contributed by atoms with van der Waals surface area (Å²) >= 11 is 0.855. The second-order valence-electron chi connectivity index (χ2n) is 6.56. The lowest BCUT2D eigenvalue weighted by Crippen LogP contribution is -2.40. The molecule has 0 bridgehead atoms. The van der Waals surface area contributed by atoms with Crippen molar-refractivity contribution >= 4 is 51.5 Å². The van der Waals surface area contributed by atoms with Crippen molar-refractivity contribution in [2.45, 2.75) is 38.4 Å². The molecule has 184 valence electrons. The maximum absolute atomic E-state index is 12.5. The molecule has 0 saturated carbocycles. The van der Waals surface area contributed by atoms with E-state index in [1.807, 2.05) is 0 Å². The van der Waals surface area contributed by atoms with Crippen LogP contribution in [-0.4, -0.2) is 78.7 Å². The summed E-state index contributed by atoms with van der Waals surface area (Å²) < 4.78 is 17.7. The Morgan fingerprint density at radius 2 is 1.71 bits per heavy atom. The van der Waals surface area contributed by atoms with Crippen molar-refractivity contribution in [3.8, 4) is 0 Å². The molecule has 3 rings (SSSR count). The molecular formula is C18H20N4O11S. The number of carbonyl (C=O) groups excluding carboxylic acids is 2. The van der Waals surface area contributed by atoms with E-state index in [0.717, 1.165) is 15.9 Å². The molecule has 2 aromatic rings. The molecular weight excluding hydrogens is 480 g/mol. The Morgan fingerprint density at radius 1 is 1.15 bits per heavy atom. The number of nitrogens with zero attached hydrogens (tertiary/aromatic N) is 3. The third-order valence-corrected chi connectivity index (χ3v) is 4.95. The summed E-state index contributed by atoms with van der Waals surface area (Å²) in [6.07, 6.45) is -1.88. The Hall–Kier alpha value is -3.89. The minimum absolute atomic E-state index is 0.0543. The molecule has 0 aliphatic carbocycles. The first-order chi connectivity index (χ1) is 15.9. The van der Waals surface area contributed by atoms with Crippen LogP contribution in [0.3, 0.4) is 0 Å². The first-order valence-corrected chi connectivity index (χ1v) is 10.1. The molecule has 0 amide bonds. The number of anilines is 1. The average molecular weight is 500 g/mol. The number of aliphatic carboxylic acids is 2. The molecule has 15 nitrogen and oxygen atoms in total. The Kier molecular flexibility index (Phi) is 8.76. The fourth-order valence-electron chi connectivity index (χ4n) is 2.93. The lowest BCUT2D eigenvalue weighted by atomic mass is 10.1. The van der Waals surface area contributed by atoms with Gasteiger partial charge in [-0.25, -0.2) is 14.6 Å². The van der Waals surface area contributed by atoms with E-state index in [0.29, 0.717) is 16.9 Å². The van der Waals surface area contributed by atoms with Gasteiger partial charge in [-0.2, -0.15) is 4.98 Å². The molecule has 34 heavy (non-hydrogen) atoms. The molecule has 0 radical (unpaired) electrons. The van der Waals surface area contributed by atoms with Gasteiger partial charge in [-0.1, -0.05) is 11.3 Å². The number of nitrogen functional groups attached to an aromatic ring is 1. The van der Waals surface area contributed by atoms with Crippen LogP contribution in [0.5, 0.6) is 0 Å². The summed E-state index contributed by atoms with van der Waals surface area (Å²) in [5.74, 6) is -3.88. The molecule has 2 aromatic heterocycles. The maximum atomic E-state index is 12.5. The second kappa shape index (κ2) is 11.3. The average Bonchev–Trinajstić information content (AvgIpc) is 3.22. The summed E-state index contributed by atoms with van der Waals surface area (Å²) in [7, 11) is 0. The minimum Gasteiger partial charge on any atom is -0.478 e. The third-order valence-electron chi connectivity index (χ3n) is 4.07. The predicted octanol–water partition coefficient (Wildman–Crippen LogP) is -1.10. The van der Waals surface area contributed by atoms with E-state index >= 15 is 0 Å². The van der Waals surface area contributed by atoms with Crippen LogP contribution in [0, 0.1) is 0 Å². The molecule has 16 heteroatoms. The van der Waals surface area contributed by atoms with E-state index in [2.05, 4.69) is 9.97 Å². The Labute approximate surface area is 194 Å². The molecule has 0 spiro atoms. The second-order valence-corrected chi connectivity index (χ2v) is 7.55. The number of fused-ring (bicyclic) bond motifs is 1. The largest absolute Gasteiger partial charge is 0.478 e. The maximum Gasteiger partial charge on any atom is 0.328 e. The predicted molar refractivity (Wildman–Crippen MR) is 113 cm³/mol. The number of aromatic nitrogens is 3. The number of aliphatic hydroxyl groups is 1. The number of rotatable bonds is 6. The summed E-state index contributed by atoms with van der Waals surface area (Å²) in [6.45, 7) is 1.83. The first-order valence-electron chi connectivity index (χ1n) is 9.32. The van der Waals surface area contributed by atoms with Crippen molar-refractivity contribution in [1.29, 1.82) is 0 Å². The summed E-state index contributed by atoms with van der Waals surface area (Å²) in [5.41, 5.74) is 5.78. The van der Waals surface area contributed by atoms with Gasteiger partial charge in [0.25, 0.3) is 0 Å². The fourth-order valence-corrected chi connectivity index (χ4v) is 3.75. The molecule has 5 N–H and O–H groups in total. The van der Waals surface area contributed by atoms with Gasteiger partial charge in [0.2, 0.25) is 5.95 Å². The molecule has 0 unspecified atom stereocenters. The van der Waals surface area contributed by atoms with Crippen LogP contribution in [0.1, 0.15) is 20.1 Å². The van der Waals surface area contributed by atoms with E-state index in [1.54, 1.807) is 0 Å². The highest BCUT2D eigenvalue weighted by molar-refractivity contribution is 7.16. The van der Waals surface area contributed by atoms with Crippen LogP contribution in [0.2, 0.25) is 0 Å². The number of carboxylic acid groups (broad SMARTS) is 2. The van der Waals surface area contributed by atoms with Crippen LogP contribution < -0.4 is 10.6 Å². The summed E-state index contributed by atoms with van der Waals surface area (Å²) in [6, 6.07) is 0. The van der Waals surface area contributed by atoms with Crippen molar-refractivity contribution in [2.24, 2.45) is 0 Å². The highest BCUT2D eigenvalue weighted by Gasteiger charge is 2.50. The fraction of sp³-hybridized carbons (Fsp3) is 0.389. The molecule has 0 aromatic carbocycles. The van der Waals surface area contributed by atoms with E-state index in [4.69, 9.17) is 30.2 Å². The number of nitrogens with two attached hydrogens (primary N) is 1. The SMILES string of the molecule is CC(=O)O[C@@H]1[C@H](OC(C)=O)[C@@H](CO)O[C@H]1n1c(=O)sc2cnc(N)nc21.O=C(O)/C=C/C(=O)O. The van der Waals surface area contributed by atoms with Gasteiger partial charge < -0.3 is 35.3 Å². The summed E-state index contributed by atoms with van der Waals surface area (Å²) in [5, 5.41) is 25.2. The van der Waals surface area contributed by atoms with Crippen LogP contribution in [0.4, 0.5) is 5.95 Å². The third kappa shape index (κ3) is 6.56. The highest BCUT2D eigenvalue weighted by Crippen LogP contribution is 2.35. The lowest BCUT2D eigenvalue weighted by molar-refractivity contribution is -0.165. The number of carbonyl (C=O) groups is 4. The number of carboxylic acids is 2. The van der Waals surface area contributed by atoms with Gasteiger partial charge in [-0.3, -0.25) is 19.0 Å². The van der Waals surface area contributed by atoms with Crippen molar-refractivity contribution < 1.29 is 48.7 Å². The van der Waals surface area contributed by atoms with Gasteiger partial charge >= 0.3 is 28.8 Å². The zero-order chi connectivity index (χ0) is 25.6. The number of aliphatic hydroxyl groups excluding tert-OH is 1. The highest BCUT2D eigenvalue weighted by atomic mass is 32.1. The van der Waals surface area contributed by atoms with Crippen molar-refractivity contribution in [2.75, 3.05) is 12.3 Å². The number of thiazole rings is 1. The topological polar surface area (TPSA) is 230 Å². The minimum atomic E-state index is -1.26. The molecule has 1 aliphatic rings. The van der Waals surface area contributed by atoms with Crippen LogP contribution in [-0.2, 0) is 33.4 Å². The number of hydrogen-bond acceptors (Lipinski definition) is 13. The van der Waals surface area contributed by atoms with Gasteiger partial charge in [0, 0.05) is 26.0 Å². The van der Waals surface area contributed by atoms with Crippen LogP contribution in [0.25, 0.3) is 10.3 Å². The summed E-state index contributed by atoms with van der Waals surface area (Å²) in [4.78, 5) is 61.9. The van der Waals surface area contributed by atoms with Crippen molar-refractivity contribution in [3.63, 3.8) is 0 Å². The van der Waals surface area contributed by atoms with Crippen LogP contribution in [0.15, 0.2) is 23.1 Å². The zero-order valence-electron chi connectivity index (χ0n) is 17.7. The van der Waals surface area contributed by atoms with Gasteiger partial charge in [0.1, 0.15) is 6.10 Å². The Bertz CT molecular complexity index is 1160. The smallest absolute Gasteiger partial charge is 0.328 e. The van der Waals surface area contributed by atoms with Gasteiger partial charge in [-0.05, 0) is 0 Å². The normalized spacial score (nSPS) is 21.6. The van der Waals surface area contributed by atoms with Crippen molar-refractivity contribution in [3.05, 3.63) is 28.0 Å². The first kappa shape index (κ1) is 26.4. The zero-order valence-corrected chi connectivity index (χ0v) is 18.5. The Morgan fingerprint density at radius 3 is 2.21 bits per heavy atom. The van der Waals surface area contributed by atoms with E-state index in [1.165, 1.54) is 20.0 Å². The number of ether oxygens (including phenoxy) is 3. The van der Waals surface area contributed by atoms with E-state index in [-0.39, 0.29) is 11.6 Å².